The van der Waals surface area contributed by atoms with Crippen LogP contribution in [0.15, 0.2) is 77.9 Å². The van der Waals surface area contributed by atoms with Crippen LogP contribution in [0.25, 0.3) is 27.7 Å². The fraction of sp³-hybridized carbons (Fsp3) is 0.200. The molecule has 0 aliphatic heterocycles. The predicted octanol–water partition coefficient (Wildman–Crippen LogP) is 3.75. The Morgan fingerprint density at radius 2 is 1.76 bits per heavy atom. The van der Waals surface area contributed by atoms with Gasteiger partial charge in [0.1, 0.15) is 17.2 Å². The summed E-state index contributed by atoms with van der Waals surface area (Å²) in [5, 5.41) is 0.590. The third-order valence-corrected chi connectivity index (χ3v) is 6.44. The molecule has 5 aromatic rings. The number of ether oxygens (including phenoxy) is 1. The van der Waals surface area contributed by atoms with E-state index in [1.165, 1.54) is 11.1 Å². The van der Waals surface area contributed by atoms with Crippen molar-refractivity contribution in [1.29, 1.82) is 0 Å². The number of anilines is 2. The van der Waals surface area contributed by atoms with Crippen molar-refractivity contribution < 1.29 is 9.53 Å². The molecular formula is C30H32N8O3. The minimum Gasteiger partial charge on any atom is -0.481 e. The topological polar surface area (TPSA) is 155 Å². The number of para-hydroxylation sites is 1. The van der Waals surface area contributed by atoms with Crippen molar-refractivity contribution >= 4 is 28.6 Å². The number of hydrogen-bond donors (Lipinski definition) is 2. The van der Waals surface area contributed by atoms with Gasteiger partial charge < -0.3 is 21.1 Å². The van der Waals surface area contributed by atoms with Gasteiger partial charge in [-0.2, -0.15) is 4.98 Å². The Labute approximate surface area is 237 Å². The first-order valence-corrected chi connectivity index (χ1v) is 13.0. The molecule has 2 aromatic carbocycles. The van der Waals surface area contributed by atoms with E-state index in [0.717, 1.165) is 22.6 Å². The molecule has 4 N–H and O–H groups in total. The standard InChI is InChI=1S/C22H19N3O2.C8H13N5O/c1-3-19-24-18-11-7-10-17(15-12-13-23-20(14-15)27-2)21(18)22(26)25(19)16-8-5-4-6-9-16;1-3-13(2)7(14)5-4-11-8(10)12-6(5)9/h4-14H,3H2,1-2H3;4H,3H2,1-2H3,(H4,9,10,11,12). The molecule has 0 atom stereocenters. The normalized spacial score (nSPS) is 10.5. The maximum atomic E-state index is 13.5. The van der Waals surface area contributed by atoms with Crippen molar-refractivity contribution in [1.82, 2.24) is 29.4 Å². The zero-order valence-corrected chi connectivity index (χ0v) is 23.4. The summed E-state index contributed by atoms with van der Waals surface area (Å²) >= 11 is 0. The van der Waals surface area contributed by atoms with E-state index >= 15 is 0 Å². The SMILES string of the molecule is CCN(C)C(=O)c1cnc(N)nc1N.CCc1nc2cccc(-c3ccnc(OC)c3)c2c(=O)n1-c1ccccc1. The van der Waals surface area contributed by atoms with Crippen molar-refractivity contribution in [3.63, 3.8) is 0 Å². The van der Waals surface area contributed by atoms with Gasteiger partial charge in [-0.15, -0.1) is 0 Å². The van der Waals surface area contributed by atoms with Crippen LogP contribution >= 0.6 is 0 Å². The number of nitrogen functional groups attached to an aromatic ring is 2. The Hall–Kier alpha value is -5.32. The third-order valence-electron chi connectivity index (χ3n) is 6.44. The van der Waals surface area contributed by atoms with E-state index in [9.17, 15) is 9.59 Å². The maximum Gasteiger partial charge on any atom is 0.266 e. The van der Waals surface area contributed by atoms with Crippen LogP contribution in [0, 0.1) is 0 Å². The van der Waals surface area contributed by atoms with Crippen molar-refractivity contribution in [2.75, 3.05) is 32.2 Å². The van der Waals surface area contributed by atoms with E-state index < -0.39 is 0 Å². The van der Waals surface area contributed by atoms with Gasteiger partial charge in [-0.3, -0.25) is 14.2 Å². The number of aromatic nitrogens is 5. The van der Waals surface area contributed by atoms with E-state index in [4.69, 9.17) is 21.2 Å². The van der Waals surface area contributed by atoms with Gasteiger partial charge in [0.2, 0.25) is 11.8 Å². The number of nitrogens with two attached hydrogens (primary N) is 2. The van der Waals surface area contributed by atoms with E-state index in [1.807, 2.05) is 74.5 Å². The molecule has 0 aliphatic carbocycles. The van der Waals surface area contributed by atoms with Crippen LogP contribution in [-0.2, 0) is 6.42 Å². The van der Waals surface area contributed by atoms with Crippen LogP contribution in [0.2, 0.25) is 0 Å². The lowest BCUT2D eigenvalue weighted by atomic mass is 10.0. The highest BCUT2D eigenvalue weighted by Crippen LogP contribution is 2.28. The van der Waals surface area contributed by atoms with Gasteiger partial charge in [-0.05, 0) is 42.3 Å². The van der Waals surface area contributed by atoms with Crippen molar-refractivity contribution in [2.45, 2.75) is 20.3 Å². The fourth-order valence-electron chi connectivity index (χ4n) is 4.21. The number of methoxy groups -OCH3 is 1. The van der Waals surface area contributed by atoms with Crippen LogP contribution in [0.5, 0.6) is 5.88 Å². The monoisotopic (exact) mass is 552 g/mol. The summed E-state index contributed by atoms with van der Waals surface area (Å²) < 4.78 is 6.94. The Morgan fingerprint density at radius 3 is 2.41 bits per heavy atom. The molecule has 0 spiro atoms. The average Bonchev–Trinajstić information content (AvgIpc) is 3.00. The fourth-order valence-corrected chi connectivity index (χ4v) is 4.21. The molecule has 210 valence electrons. The number of amides is 1. The van der Waals surface area contributed by atoms with E-state index in [0.29, 0.717) is 29.7 Å². The molecule has 41 heavy (non-hydrogen) atoms. The highest BCUT2D eigenvalue weighted by molar-refractivity contribution is 5.98. The summed E-state index contributed by atoms with van der Waals surface area (Å²) in [6.45, 7) is 4.47. The second-order valence-corrected chi connectivity index (χ2v) is 8.99. The number of carbonyl (C=O) groups excluding carboxylic acids is 1. The van der Waals surface area contributed by atoms with Gasteiger partial charge in [0.15, 0.2) is 0 Å². The lowest BCUT2D eigenvalue weighted by Gasteiger charge is -2.14. The Morgan fingerprint density at radius 1 is 1.00 bits per heavy atom. The maximum absolute atomic E-state index is 13.5. The number of benzene rings is 2. The molecule has 11 heteroatoms. The third kappa shape index (κ3) is 6.14. The molecule has 0 unspecified atom stereocenters. The van der Waals surface area contributed by atoms with Crippen LogP contribution in [0.4, 0.5) is 11.8 Å². The first-order valence-electron chi connectivity index (χ1n) is 13.0. The first kappa shape index (κ1) is 28.7. The number of pyridine rings is 1. The van der Waals surface area contributed by atoms with Gasteiger partial charge in [0, 0.05) is 38.5 Å². The Balaban J connectivity index is 0.000000234. The summed E-state index contributed by atoms with van der Waals surface area (Å²) in [5.41, 5.74) is 14.2. The predicted molar refractivity (Wildman–Crippen MR) is 160 cm³/mol. The number of carbonyl (C=O) groups is 1. The van der Waals surface area contributed by atoms with Gasteiger partial charge in [0.05, 0.1) is 23.7 Å². The average molecular weight is 553 g/mol. The van der Waals surface area contributed by atoms with Crippen LogP contribution in [0.1, 0.15) is 30.0 Å². The first-order chi connectivity index (χ1) is 19.8. The lowest BCUT2D eigenvalue weighted by molar-refractivity contribution is 0.0802. The molecule has 0 bridgehead atoms. The van der Waals surface area contributed by atoms with Gasteiger partial charge in [0.25, 0.3) is 11.5 Å². The largest absolute Gasteiger partial charge is 0.481 e. The van der Waals surface area contributed by atoms with Crippen molar-refractivity contribution in [3.8, 4) is 22.7 Å². The van der Waals surface area contributed by atoms with Crippen molar-refractivity contribution in [3.05, 3.63) is 94.8 Å². The van der Waals surface area contributed by atoms with Crippen LogP contribution in [-0.4, -0.2) is 56.0 Å². The van der Waals surface area contributed by atoms with Gasteiger partial charge in [-0.25, -0.2) is 15.0 Å². The molecular weight excluding hydrogens is 520 g/mol. The molecule has 5 rings (SSSR count). The van der Waals surface area contributed by atoms with E-state index in [2.05, 4.69) is 15.0 Å². The van der Waals surface area contributed by atoms with Gasteiger partial charge >= 0.3 is 0 Å². The number of aryl methyl sites for hydroxylation is 1. The van der Waals surface area contributed by atoms with Crippen LogP contribution < -0.4 is 21.8 Å². The molecule has 0 saturated heterocycles. The van der Waals surface area contributed by atoms with Gasteiger partial charge in [-0.1, -0.05) is 37.3 Å². The summed E-state index contributed by atoms with van der Waals surface area (Å²) in [6, 6.07) is 19.1. The minimum absolute atomic E-state index is 0.0678. The zero-order valence-electron chi connectivity index (χ0n) is 23.4. The molecule has 0 radical (unpaired) electrons. The Kier molecular flexibility index (Phi) is 8.88. The minimum atomic E-state index is -0.204. The summed E-state index contributed by atoms with van der Waals surface area (Å²) in [6.07, 6.45) is 3.68. The zero-order chi connectivity index (χ0) is 29.5. The summed E-state index contributed by atoms with van der Waals surface area (Å²) in [7, 11) is 3.25. The highest BCUT2D eigenvalue weighted by Gasteiger charge is 2.16. The second-order valence-electron chi connectivity index (χ2n) is 8.99. The van der Waals surface area contributed by atoms with Crippen molar-refractivity contribution in [2.24, 2.45) is 0 Å². The number of rotatable bonds is 6. The van der Waals surface area contributed by atoms with Crippen LogP contribution in [0.3, 0.4) is 0 Å². The quantitative estimate of drug-likeness (QED) is 0.320. The Bertz CT molecular complexity index is 1740. The van der Waals surface area contributed by atoms with E-state index in [1.54, 1.807) is 24.9 Å². The smallest absolute Gasteiger partial charge is 0.266 e. The lowest BCUT2D eigenvalue weighted by Crippen LogP contribution is -2.27. The van der Waals surface area contributed by atoms with E-state index in [-0.39, 0.29) is 28.8 Å². The molecule has 3 aromatic heterocycles. The molecule has 3 heterocycles. The molecule has 11 nitrogen and oxygen atoms in total. The molecule has 0 aliphatic rings. The summed E-state index contributed by atoms with van der Waals surface area (Å²) in [4.78, 5) is 43.0. The number of nitrogens with zero attached hydrogens (tertiary/aromatic N) is 6. The number of fused-ring (bicyclic) bond motifs is 1. The summed E-state index contributed by atoms with van der Waals surface area (Å²) in [5.74, 6) is 1.22. The number of hydrogen-bond acceptors (Lipinski definition) is 9. The second kappa shape index (κ2) is 12.7. The molecule has 0 fully saturated rings. The highest BCUT2D eigenvalue weighted by atomic mass is 16.5. The molecule has 1 amide bonds. The molecule has 0 saturated carbocycles.